The van der Waals surface area contributed by atoms with Gasteiger partial charge in [-0.25, -0.2) is 4.79 Å². The minimum absolute atomic E-state index is 0.345. The van der Waals surface area contributed by atoms with E-state index < -0.39 is 5.97 Å². The Labute approximate surface area is 181 Å². The molecule has 160 valence electrons. The van der Waals surface area contributed by atoms with E-state index in [0.29, 0.717) is 24.0 Å². The van der Waals surface area contributed by atoms with Gasteiger partial charge in [0.05, 0.1) is 6.61 Å². The van der Waals surface area contributed by atoms with Gasteiger partial charge >= 0.3 is 5.97 Å². The fourth-order valence-corrected chi connectivity index (χ4v) is 3.35. The van der Waals surface area contributed by atoms with Gasteiger partial charge < -0.3 is 9.84 Å². The maximum Gasteiger partial charge on any atom is 0.328 e. The molecule has 0 saturated carbocycles. The van der Waals surface area contributed by atoms with Crippen LogP contribution in [0, 0.1) is 0 Å². The van der Waals surface area contributed by atoms with Crippen molar-refractivity contribution in [3.8, 4) is 16.9 Å². The number of carboxylic acids is 1. The quantitative estimate of drug-likeness (QED) is 0.348. The van der Waals surface area contributed by atoms with Crippen LogP contribution < -0.4 is 4.74 Å². The predicted octanol–water partition coefficient (Wildman–Crippen LogP) is 7.43. The summed E-state index contributed by atoms with van der Waals surface area (Å²) < 4.78 is 6.29. The third-order valence-corrected chi connectivity index (χ3v) is 5.01. The van der Waals surface area contributed by atoms with E-state index in [4.69, 9.17) is 9.84 Å². The summed E-state index contributed by atoms with van der Waals surface area (Å²) in [4.78, 5) is 10.9. The highest BCUT2D eigenvalue weighted by molar-refractivity contribution is 5.83. The molecule has 3 heteroatoms. The van der Waals surface area contributed by atoms with Gasteiger partial charge in [0, 0.05) is 11.6 Å². The number of rotatable bonds is 9. The molecule has 0 radical (unpaired) electrons. The van der Waals surface area contributed by atoms with Crippen LogP contribution in [-0.2, 0) is 4.79 Å². The van der Waals surface area contributed by atoms with Gasteiger partial charge in [-0.2, -0.15) is 0 Å². The molecule has 1 N–H and O–H groups in total. The molecule has 3 nitrogen and oxygen atoms in total. The highest BCUT2D eigenvalue weighted by atomic mass is 16.5. The SMILES string of the molecule is CCCOc1c(-c2ccccc2/C=C/C(C)=C/C(=O)O)cc(C(C)C)cc1C(C)C. The van der Waals surface area contributed by atoms with E-state index >= 15 is 0 Å². The third-order valence-electron chi connectivity index (χ3n) is 5.01. The van der Waals surface area contributed by atoms with E-state index in [1.54, 1.807) is 6.92 Å². The van der Waals surface area contributed by atoms with Crippen molar-refractivity contribution in [2.75, 3.05) is 6.61 Å². The van der Waals surface area contributed by atoms with E-state index in [1.165, 1.54) is 17.2 Å². The van der Waals surface area contributed by atoms with Crippen LogP contribution in [0.5, 0.6) is 5.75 Å². The van der Waals surface area contributed by atoms with E-state index in [0.717, 1.165) is 28.9 Å². The molecule has 0 fully saturated rings. The lowest BCUT2D eigenvalue weighted by molar-refractivity contribution is -0.131. The van der Waals surface area contributed by atoms with Crippen molar-refractivity contribution in [2.24, 2.45) is 0 Å². The summed E-state index contributed by atoms with van der Waals surface area (Å²) >= 11 is 0. The molecule has 30 heavy (non-hydrogen) atoms. The molecule has 0 aliphatic carbocycles. The van der Waals surface area contributed by atoms with Crippen molar-refractivity contribution in [1.82, 2.24) is 0 Å². The van der Waals surface area contributed by atoms with Gasteiger partial charge in [-0.1, -0.05) is 77.1 Å². The van der Waals surface area contributed by atoms with Gasteiger partial charge in [-0.15, -0.1) is 0 Å². The number of carbonyl (C=O) groups is 1. The zero-order valence-electron chi connectivity index (χ0n) is 19.0. The first-order valence-corrected chi connectivity index (χ1v) is 10.7. The monoisotopic (exact) mass is 406 g/mol. The molecular formula is C27H34O3. The highest BCUT2D eigenvalue weighted by Gasteiger charge is 2.19. The molecule has 0 aromatic heterocycles. The Bertz CT molecular complexity index is 933. The fourth-order valence-electron chi connectivity index (χ4n) is 3.35. The molecular weight excluding hydrogens is 372 g/mol. The summed E-state index contributed by atoms with van der Waals surface area (Å²) in [5, 5.41) is 8.97. The minimum atomic E-state index is -0.938. The van der Waals surface area contributed by atoms with Crippen LogP contribution in [0.3, 0.4) is 0 Å². The van der Waals surface area contributed by atoms with Crippen molar-refractivity contribution >= 4 is 12.0 Å². The summed E-state index contributed by atoms with van der Waals surface area (Å²) in [5.41, 5.74) is 6.43. The lowest BCUT2D eigenvalue weighted by Crippen LogP contribution is -2.05. The largest absolute Gasteiger partial charge is 0.493 e. The van der Waals surface area contributed by atoms with Crippen LogP contribution in [0.25, 0.3) is 17.2 Å². The minimum Gasteiger partial charge on any atom is -0.493 e. The first kappa shape index (κ1) is 23.5. The van der Waals surface area contributed by atoms with Crippen molar-refractivity contribution in [2.45, 2.75) is 59.8 Å². The average Bonchev–Trinajstić information content (AvgIpc) is 2.69. The molecule has 0 spiro atoms. The Morgan fingerprint density at radius 1 is 1.07 bits per heavy atom. The second-order valence-electron chi connectivity index (χ2n) is 8.29. The van der Waals surface area contributed by atoms with Crippen LogP contribution in [-0.4, -0.2) is 17.7 Å². The van der Waals surface area contributed by atoms with Crippen molar-refractivity contribution in [3.05, 3.63) is 70.8 Å². The zero-order valence-corrected chi connectivity index (χ0v) is 19.0. The molecule has 0 heterocycles. The first-order valence-electron chi connectivity index (χ1n) is 10.7. The number of carboxylic acid groups (broad SMARTS) is 1. The highest BCUT2D eigenvalue weighted by Crippen LogP contribution is 2.41. The molecule has 0 atom stereocenters. The molecule has 0 unspecified atom stereocenters. The smallest absolute Gasteiger partial charge is 0.328 e. The van der Waals surface area contributed by atoms with Crippen molar-refractivity contribution < 1.29 is 14.6 Å². The van der Waals surface area contributed by atoms with Crippen LogP contribution in [0.1, 0.15) is 76.5 Å². The molecule has 0 aliphatic heterocycles. The van der Waals surface area contributed by atoms with E-state index in [9.17, 15) is 4.79 Å². The third kappa shape index (κ3) is 6.09. The van der Waals surface area contributed by atoms with Gasteiger partial charge in [-0.3, -0.25) is 0 Å². The van der Waals surface area contributed by atoms with E-state index in [-0.39, 0.29) is 0 Å². The van der Waals surface area contributed by atoms with Crippen LogP contribution in [0.2, 0.25) is 0 Å². The van der Waals surface area contributed by atoms with Crippen molar-refractivity contribution in [1.29, 1.82) is 0 Å². The molecule has 2 aromatic carbocycles. The molecule has 0 saturated heterocycles. The van der Waals surface area contributed by atoms with Gasteiger partial charge in [0.25, 0.3) is 0 Å². The van der Waals surface area contributed by atoms with E-state index in [1.807, 2.05) is 24.3 Å². The second-order valence-corrected chi connectivity index (χ2v) is 8.29. The molecule has 0 amide bonds. The van der Waals surface area contributed by atoms with Crippen molar-refractivity contribution in [3.63, 3.8) is 0 Å². The Kier molecular flexibility index (Phi) is 8.46. The Hall–Kier alpha value is -2.81. The van der Waals surface area contributed by atoms with Gasteiger partial charge in [0.1, 0.15) is 5.75 Å². The lowest BCUT2D eigenvalue weighted by atomic mass is 9.88. The molecule has 2 rings (SSSR count). The Balaban J connectivity index is 2.70. The van der Waals surface area contributed by atoms with Gasteiger partial charge in [0.2, 0.25) is 0 Å². The molecule has 0 aliphatic rings. The fraction of sp³-hybridized carbons (Fsp3) is 0.370. The summed E-state index contributed by atoms with van der Waals surface area (Å²) in [6, 6.07) is 12.7. The number of hydrogen-bond acceptors (Lipinski definition) is 2. The summed E-state index contributed by atoms with van der Waals surface area (Å²) in [6.07, 6.45) is 5.98. The standard InChI is InChI=1S/C27H34O3/c1-7-14-30-27-24(19(4)5)16-22(18(2)3)17-25(27)23-11-9-8-10-21(23)13-12-20(6)15-26(28)29/h8-13,15-19H,7,14H2,1-6H3,(H,28,29)/b13-12+,20-15+. The average molecular weight is 407 g/mol. The predicted molar refractivity (Wildman–Crippen MR) is 126 cm³/mol. The molecule has 2 aromatic rings. The molecule has 0 bridgehead atoms. The first-order chi connectivity index (χ1) is 14.2. The number of aliphatic carboxylic acids is 1. The maximum atomic E-state index is 10.9. The number of benzene rings is 2. The maximum absolute atomic E-state index is 10.9. The number of allylic oxidation sites excluding steroid dienone is 2. The summed E-state index contributed by atoms with van der Waals surface area (Å²) in [7, 11) is 0. The zero-order chi connectivity index (χ0) is 22.3. The Morgan fingerprint density at radius 2 is 1.77 bits per heavy atom. The number of ether oxygens (including phenoxy) is 1. The summed E-state index contributed by atoms with van der Waals surface area (Å²) in [6.45, 7) is 13.4. The lowest BCUT2D eigenvalue weighted by Gasteiger charge is -2.22. The van der Waals surface area contributed by atoms with Gasteiger partial charge in [0.15, 0.2) is 0 Å². The normalized spacial score (nSPS) is 12.2. The Morgan fingerprint density at radius 3 is 2.37 bits per heavy atom. The topological polar surface area (TPSA) is 46.5 Å². The van der Waals surface area contributed by atoms with Gasteiger partial charge in [-0.05, 0) is 59.1 Å². The number of hydrogen-bond donors (Lipinski definition) is 1. The van der Waals surface area contributed by atoms with Crippen LogP contribution in [0.15, 0.2) is 54.1 Å². The van der Waals surface area contributed by atoms with Crippen LogP contribution in [0.4, 0.5) is 0 Å². The van der Waals surface area contributed by atoms with Crippen LogP contribution >= 0.6 is 0 Å². The summed E-state index contributed by atoms with van der Waals surface area (Å²) in [5.74, 6) is 0.768. The van der Waals surface area contributed by atoms with E-state index in [2.05, 4.69) is 58.9 Å². The second kappa shape index (κ2) is 10.8.